The van der Waals surface area contributed by atoms with E-state index < -0.39 is 12.0 Å². The van der Waals surface area contributed by atoms with Crippen molar-refractivity contribution in [3.05, 3.63) is 18.2 Å². The zero-order valence-electron chi connectivity index (χ0n) is 12.7. The molecule has 0 saturated carbocycles. The summed E-state index contributed by atoms with van der Waals surface area (Å²) in [6.45, 7) is 3.33. The van der Waals surface area contributed by atoms with Gasteiger partial charge in [0.05, 0.1) is 12.4 Å². The van der Waals surface area contributed by atoms with Gasteiger partial charge in [0.1, 0.15) is 32.2 Å². The predicted molar refractivity (Wildman–Crippen MR) is 77.0 cm³/mol. The van der Waals surface area contributed by atoms with Crippen LogP contribution in [0, 0.1) is 0 Å². The molecule has 1 amide bonds. The average Bonchev–Trinajstić information content (AvgIpc) is 3.01. The number of benzene rings is 1. The minimum absolute atomic E-state index is 0.105. The first-order valence-corrected chi connectivity index (χ1v) is 7.70. The third kappa shape index (κ3) is 3.72. The Kier molecular flexibility index (Phi) is 4.63. The summed E-state index contributed by atoms with van der Waals surface area (Å²) in [5, 5.41) is 16.2. The van der Waals surface area contributed by atoms with E-state index in [2.05, 4.69) is 10.6 Å². The first-order valence-electron chi connectivity index (χ1n) is 7.70. The van der Waals surface area contributed by atoms with Crippen LogP contribution in [0.5, 0.6) is 11.5 Å². The summed E-state index contributed by atoms with van der Waals surface area (Å²) in [6, 6.07) is 4.25. The molecule has 2 aliphatic heterocycles. The highest BCUT2D eigenvalue weighted by Crippen LogP contribution is 2.34. The van der Waals surface area contributed by atoms with Gasteiger partial charge in [0.15, 0.2) is 11.5 Å². The summed E-state index contributed by atoms with van der Waals surface area (Å²) in [4.78, 5) is 24.5. The summed E-state index contributed by atoms with van der Waals surface area (Å²) >= 11 is 0. The van der Waals surface area contributed by atoms with Gasteiger partial charge >= 0.3 is 0 Å². The number of amides is 1. The Bertz CT molecular complexity index is 601. The number of carbonyl (C=O) groups is 2. The van der Waals surface area contributed by atoms with Crippen molar-refractivity contribution in [1.29, 1.82) is 0 Å². The molecule has 4 N–H and O–H groups in total. The van der Waals surface area contributed by atoms with E-state index in [0.717, 1.165) is 31.1 Å². The molecule has 0 spiro atoms. The fourth-order valence-electron chi connectivity index (χ4n) is 2.96. The van der Waals surface area contributed by atoms with Crippen LogP contribution in [0.1, 0.15) is 6.42 Å². The molecule has 8 heteroatoms. The number of rotatable bonds is 5. The predicted octanol–water partition coefficient (Wildman–Crippen LogP) is -3.68. The number of fused-ring (bicyclic) bond motifs is 1. The Hall–Kier alpha value is -2.32. The number of hydrogen-bond acceptors (Lipinski definition) is 5. The second-order valence-electron chi connectivity index (χ2n) is 5.72. The van der Waals surface area contributed by atoms with Crippen molar-refractivity contribution in [2.75, 3.05) is 38.3 Å². The quantitative estimate of drug-likeness (QED) is 0.517. The molecule has 1 atom stereocenters. The van der Waals surface area contributed by atoms with Crippen molar-refractivity contribution < 1.29 is 34.4 Å². The summed E-state index contributed by atoms with van der Waals surface area (Å²) in [5.41, 5.74) is 0.554. The van der Waals surface area contributed by atoms with Crippen molar-refractivity contribution >= 4 is 17.6 Å². The molecule has 1 aromatic rings. The van der Waals surface area contributed by atoms with Gasteiger partial charge in [0.25, 0.3) is 0 Å². The van der Waals surface area contributed by atoms with Gasteiger partial charge in [-0.1, -0.05) is 0 Å². The van der Waals surface area contributed by atoms with Crippen molar-refractivity contribution in [3.63, 3.8) is 0 Å². The van der Waals surface area contributed by atoms with Gasteiger partial charge in [-0.3, -0.25) is 4.79 Å². The van der Waals surface area contributed by atoms with Crippen LogP contribution in [-0.4, -0.2) is 50.9 Å². The van der Waals surface area contributed by atoms with E-state index in [0.29, 0.717) is 17.2 Å². The van der Waals surface area contributed by atoms with Gasteiger partial charge in [-0.05, 0) is 12.1 Å². The monoisotopic (exact) mass is 322 g/mol. The molecule has 8 nitrogen and oxygen atoms in total. The molecule has 2 heterocycles. The number of hydrogen-bond donors (Lipinski definition) is 3. The van der Waals surface area contributed by atoms with E-state index in [1.54, 1.807) is 18.2 Å². The molecule has 0 radical (unpaired) electrons. The summed E-state index contributed by atoms with van der Waals surface area (Å²) in [6.07, 6.45) is -0.105. The Morgan fingerprint density at radius 3 is 2.74 bits per heavy atom. The highest BCUT2D eigenvalue weighted by Gasteiger charge is 2.29. The fourth-order valence-corrected chi connectivity index (χ4v) is 2.96. The van der Waals surface area contributed by atoms with E-state index in [-0.39, 0.29) is 19.1 Å². The molecule has 1 aromatic carbocycles. The number of carboxylic acids is 1. The van der Waals surface area contributed by atoms with Gasteiger partial charge in [0, 0.05) is 11.8 Å². The summed E-state index contributed by atoms with van der Waals surface area (Å²) in [5.74, 6) is -0.330. The number of nitrogens with one attached hydrogen (secondary N) is 2. The lowest BCUT2D eigenvalue weighted by molar-refractivity contribution is -0.961. The van der Waals surface area contributed by atoms with Gasteiger partial charge in [-0.25, -0.2) is 0 Å². The summed E-state index contributed by atoms with van der Waals surface area (Å²) < 4.78 is 10.5. The third-order valence-electron chi connectivity index (χ3n) is 4.16. The first kappa shape index (κ1) is 15.6. The van der Waals surface area contributed by atoms with Gasteiger partial charge in [-0.15, -0.1) is 0 Å². The maximum atomic E-state index is 12.2. The van der Waals surface area contributed by atoms with Crippen LogP contribution in [0.3, 0.4) is 0 Å². The van der Waals surface area contributed by atoms with Crippen LogP contribution in [0.15, 0.2) is 18.2 Å². The normalized spacial score (nSPS) is 18.4. The highest BCUT2D eigenvalue weighted by atomic mass is 16.7. The third-order valence-corrected chi connectivity index (χ3v) is 4.16. The van der Waals surface area contributed by atoms with Crippen LogP contribution in [0.25, 0.3) is 0 Å². The second-order valence-corrected chi connectivity index (χ2v) is 5.72. The lowest BCUT2D eigenvalue weighted by Crippen LogP contribution is -3.24. The number of aliphatic carboxylic acids is 1. The average molecular weight is 322 g/mol. The topological polar surface area (TPSA) is 109 Å². The lowest BCUT2D eigenvalue weighted by Gasteiger charge is -2.30. The number of anilines is 1. The van der Waals surface area contributed by atoms with Crippen molar-refractivity contribution in [1.82, 2.24) is 0 Å². The smallest absolute Gasteiger partial charge is 0.231 e. The van der Waals surface area contributed by atoms with E-state index >= 15 is 0 Å². The van der Waals surface area contributed by atoms with Crippen molar-refractivity contribution in [2.45, 2.75) is 12.5 Å². The number of carbonyl (C=O) groups excluding carboxylic acids is 2. The molecule has 0 aromatic heterocycles. The minimum Gasteiger partial charge on any atom is -0.544 e. The van der Waals surface area contributed by atoms with Gasteiger partial charge in [-0.2, -0.15) is 0 Å². The van der Waals surface area contributed by atoms with Crippen LogP contribution in [0.4, 0.5) is 5.69 Å². The molecule has 0 unspecified atom stereocenters. The maximum absolute atomic E-state index is 12.2. The van der Waals surface area contributed by atoms with Crippen LogP contribution in [0.2, 0.25) is 0 Å². The van der Waals surface area contributed by atoms with Crippen LogP contribution < -0.4 is 30.1 Å². The molecule has 3 rings (SSSR count). The van der Waals surface area contributed by atoms with E-state index in [9.17, 15) is 14.7 Å². The molecule has 1 saturated heterocycles. The van der Waals surface area contributed by atoms with E-state index in [1.807, 2.05) is 0 Å². The number of nitrogens with two attached hydrogens (primary N) is 1. The standard InChI is InChI=1S/C15H19N3O5/c19-14(8-11(15(20)21)18-5-3-16-4-6-18)17-10-1-2-12-13(7-10)23-9-22-12/h1-2,7,11,16H,3-6,8-9H2,(H,17,19)(H,20,21)/p+1/t11-/m1/s1. The Labute approximate surface area is 133 Å². The summed E-state index contributed by atoms with van der Waals surface area (Å²) in [7, 11) is 0. The highest BCUT2D eigenvalue weighted by molar-refractivity contribution is 5.93. The molecule has 2 aliphatic rings. The number of piperazine rings is 1. The second kappa shape index (κ2) is 6.84. The molecule has 0 aliphatic carbocycles. The zero-order chi connectivity index (χ0) is 16.2. The number of ether oxygens (including phenoxy) is 2. The molecule has 124 valence electrons. The number of carboxylic acid groups (broad SMARTS) is 1. The number of quaternary nitrogens is 2. The SMILES string of the molecule is O=C(C[C@H](C(=O)[O-])[NH+]1CC[NH2+]CC1)Nc1ccc2c(c1)OCO2. The molecule has 23 heavy (non-hydrogen) atoms. The fraction of sp³-hybridized carbons (Fsp3) is 0.467. The lowest BCUT2D eigenvalue weighted by atomic mass is 10.1. The maximum Gasteiger partial charge on any atom is 0.231 e. The van der Waals surface area contributed by atoms with Crippen molar-refractivity contribution in [2.24, 2.45) is 0 Å². The van der Waals surface area contributed by atoms with Crippen molar-refractivity contribution in [3.8, 4) is 11.5 Å². The van der Waals surface area contributed by atoms with Gasteiger partial charge in [0.2, 0.25) is 12.7 Å². The van der Waals surface area contributed by atoms with Gasteiger partial charge < -0.3 is 34.9 Å². The molecular formula is C15H20N3O5+. The minimum atomic E-state index is -1.18. The Morgan fingerprint density at radius 1 is 1.26 bits per heavy atom. The largest absolute Gasteiger partial charge is 0.544 e. The Morgan fingerprint density at radius 2 is 2.00 bits per heavy atom. The first-order chi connectivity index (χ1) is 11.1. The van der Waals surface area contributed by atoms with E-state index in [4.69, 9.17) is 9.47 Å². The van der Waals surface area contributed by atoms with Crippen LogP contribution in [-0.2, 0) is 9.59 Å². The molecule has 0 bridgehead atoms. The van der Waals surface area contributed by atoms with E-state index in [1.165, 1.54) is 0 Å². The van der Waals surface area contributed by atoms with Crippen LogP contribution >= 0.6 is 0 Å². The zero-order valence-corrected chi connectivity index (χ0v) is 12.7. The Balaban J connectivity index is 1.61. The molecule has 1 fully saturated rings. The molecular weight excluding hydrogens is 302 g/mol.